The van der Waals surface area contributed by atoms with Crippen molar-refractivity contribution in [3.8, 4) is 0 Å². The fraction of sp³-hybridized carbons (Fsp3) is 0.0667. The molecule has 0 heterocycles. The van der Waals surface area contributed by atoms with Gasteiger partial charge in [-0.3, -0.25) is 4.79 Å². The molecule has 2 aromatic carbocycles. The van der Waals surface area contributed by atoms with Crippen molar-refractivity contribution in [1.82, 2.24) is 0 Å². The van der Waals surface area contributed by atoms with E-state index in [0.717, 1.165) is 4.90 Å². The molecule has 6 heteroatoms. The van der Waals surface area contributed by atoms with Gasteiger partial charge in [-0.1, -0.05) is 29.4 Å². The molecular formula is C15H15N3O2S. The molecule has 0 saturated heterocycles. The van der Waals surface area contributed by atoms with Crippen LogP contribution in [0.5, 0.6) is 0 Å². The van der Waals surface area contributed by atoms with Gasteiger partial charge in [0.1, 0.15) is 0 Å². The summed E-state index contributed by atoms with van der Waals surface area (Å²) in [6.45, 7) is 0. The zero-order chi connectivity index (χ0) is 15.2. The lowest BCUT2D eigenvalue weighted by Crippen LogP contribution is -2.15. The summed E-state index contributed by atoms with van der Waals surface area (Å²) < 4.78 is 0. The Kier molecular flexibility index (Phi) is 4.84. The Morgan fingerprint density at radius 1 is 1.24 bits per heavy atom. The average molecular weight is 301 g/mol. The van der Waals surface area contributed by atoms with Crippen LogP contribution in [-0.2, 0) is 0 Å². The second-order valence-electron chi connectivity index (χ2n) is 4.22. The van der Waals surface area contributed by atoms with Gasteiger partial charge in [0.15, 0.2) is 5.84 Å². The first-order valence-corrected chi connectivity index (χ1v) is 7.40. The SMILES string of the molecule is CSc1ccccc1C(=O)Nc1cccc(C(N)=NO)c1. The van der Waals surface area contributed by atoms with Gasteiger partial charge in [0, 0.05) is 16.1 Å². The number of oxime groups is 1. The Hall–Kier alpha value is -2.47. The number of nitrogens with zero attached hydrogens (tertiary/aromatic N) is 1. The molecule has 21 heavy (non-hydrogen) atoms. The lowest BCUT2D eigenvalue weighted by Gasteiger charge is -2.09. The molecule has 2 rings (SSSR count). The molecule has 1 amide bonds. The fourth-order valence-electron chi connectivity index (χ4n) is 1.84. The Morgan fingerprint density at radius 3 is 2.71 bits per heavy atom. The number of nitrogens with two attached hydrogens (primary N) is 1. The predicted octanol–water partition coefficient (Wildman–Crippen LogP) is 2.76. The van der Waals surface area contributed by atoms with Crippen LogP contribution in [0, 0.1) is 0 Å². The maximum Gasteiger partial charge on any atom is 0.256 e. The standard InChI is InChI=1S/C15H15N3O2S/c1-21-13-8-3-2-7-12(13)15(19)17-11-6-4-5-10(9-11)14(16)18-20/h2-9,20H,1H3,(H2,16,18)(H,17,19). The molecule has 0 unspecified atom stereocenters. The van der Waals surface area contributed by atoms with E-state index < -0.39 is 0 Å². The van der Waals surface area contributed by atoms with Gasteiger partial charge >= 0.3 is 0 Å². The van der Waals surface area contributed by atoms with Crippen LogP contribution in [0.2, 0.25) is 0 Å². The number of hydrogen-bond acceptors (Lipinski definition) is 4. The zero-order valence-corrected chi connectivity index (χ0v) is 12.2. The van der Waals surface area contributed by atoms with Crippen LogP contribution in [0.4, 0.5) is 5.69 Å². The van der Waals surface area contributed by atoms with Crippen molar-refractivity contribution >= 4 is 29.2 Å². The number of benzene rings is 2. The minimum absolute atomic E-state index is 0.00406. The first kappa shape index (κ1) is 14.9. The lowest BCUT2D eigenvalue weighted by atomic mass is 10.1. The molecule has 108 valence electrons. The van der Waals surface area contributed by atoms with Gasteiger partial charge in [-0.05, 0) is 30.5 Å². The Balaban J connectivity index is 2.24. The van der Waals surface area contributed by atoms with E-state index in [0.29, 0.717) is 16.8 Å². The van der Waals surface area contributed by atoms with Gasteiger partial charge in [-0.15, -0.1) is 11.8 Å². The molecule has 0 aromatic heterocycles. The monoisotopic (exact) mass is 301 g/mol. The highest BCUT2D eigenvalue weighted by atomic mass is 32.2. The predicted molar refractivity (Wildman–Crippen MR) is 85.1 cm³/mol. The molecule has 0 spiro atoms. The third-order valence-corrected chi connectivity index (χ3v) is 3.67. The van der Waals surface area contributed by atoms with E-state index in [1.54, 1.807) is 30.3 Å². The van der Waals surface area contributed by atoms with Gasteiger partial charge in [0.25, 0.3) is 5.91 Å². The molecule has 0 atom stereocenters. The quantitative estimate of drug-likeness (QED) is 0.266. The number of anilines is 1. The van der Waals surface area contributed by atoms with Crippen LogP contribution in [0.1, 0.15) is 15.9 Å². The normalized spacial score (nSPS) is 11.2. The van der Waals surface area contributed by atoms with Crippen molar-refractivity contribution in [3.05, 3.63) is 59.7 Å². The molecule has 5 nitrogen and oxygen atoms in total. The largest absolute Gasteiger partial charge is 0.409 e. The fourth-order valence-corrected chi connectivity index (χ4v) is 2.44. The minimum Gasteiger partial charge on any atom is -0.409 e. The van der Waals surface area contributed by atoms with Crippen molar-refractivity contribution < 1.29 is 10.0 Å². The molecule has 4 N–H and O–H groups in total. The van der Waals surface area contributed by atoms with Gasteiger partial charge in [0.2, 0.25) is 0 Å². The van der Waals surface area contributed by atoms with Crippen LogP contribution in [0.15, 0.2) is 58.6 Å². The van der Waals surface area contributed by atoms with E-state index in [4.69, 9.17) is 10.9 Å². The molecule has 0 radical (unpaired) electrons. The van der Waals surface area contributed by atoms with E-state index in [1.807, 2.05) is 24.5 Å². The van der Waals surface area contributed by atoms with Crippen LogP contribution in [0.3, 0.4) is 0 Å². The second-order valence-corrected chi connectivity index (χ2v) is 5.07. The highest BCUT2D eigenvalue weighted by molar-refractivity contribution is 7.98. The average Bonchev–Trinajstić information content (AvgIpc) is 2.54. The number of carbonyl (C=O) groups excluding carboxylic acids is 1. The first-order valence-electron chi connectivity index (χ1n) is 6.18. The third kappa shape index (κ3) is 3.55. The maximum atomic E-state index is 12.3. The van der Waals surface area contributed by atoms with Crippen molar-refractivity contribution in [1.29, 1.82) is 0 Å². The number of hydrogen-bond donors (Lipinski definition) is 3. The zero-order valence-electron chi connectivity index (χ0n) is 11.4. The summed E-state index contributed by atoms with van der Waals surface area (Å²) in [5, 5.41) is 14.4. The minimum atomic E-state index is -0.198. The van der Waals surface area contributed by atoms with E-state index in [2.05, 4.69) is 10.5 Å². The summed E-state index contributed by atoms with van der Waals surface area (Å²) in [6.07, 6.45) is 1.92. The molecule has 0 saturated carbocycles. The number of nitrogens with one attached hydrogen (secondary N) is 1. The van der Waals surface area contributed by atoms with Crippen molar-refractivity contribution in [2.75, 3.05) is 11.6 Å². The van der Waals surface area contributed by atoms with Crippen LogP contribution >= 0.6 is 11.8 Å². The lowest BCUT2D eigenvalue weighted by molar-refractivity contribution is 0.102. The first-order chi connectivity index (χ1) is 10.2. The van der Waals surface area contributed by atoms with E-state index >= 15 is 0 Å². The molecular weight excluding hydrogens is 286 g/mol. The third-order valence-electron chi connectivity index (χ3n) is 2.88. The highest BCUT2D eigenvalue weighted by Gasteiger charge is 2.11. The van der Waals surface area contributed by atoms with Crippen LogP contribution in [-0.4, -0.2) is 23.2 Å². The smallest absolute Gasteiger partial charge is 0.256 e. The Labute approximate surface area is 126 Å². The van der Waals surface area contributed by atoms with E-state index in [9.17, 15) is 4.79 Å². The summed E-state index contributed by atoms with van der Waals surface area (Å²) in [5.74, 6) is -0.202. The summed E-state index contributed by atoms with van der Waals surface area (Å²) in [5.41, 5.74) is 7.26. The Bertz CT molecular complexity index is 686. The highest BCUT2D eigenvalue weighted by Crippen LogP contribution is 2.21. The van der Waals surface area contributed by atoms with Crippen molar-refractivity contribution in [3.63, 3.8) is 0 Å². The summed E-state index contributed by atoms with van der Waals surface area (Å²) in [7, 11) is 0. The number of rotatable bonds is 4. The number of carbonyl (C=O) groups is 1. The molecule has 0 aliphatic rings. The molecule has 2 aromatic rings. The number of amidine groups is 1. The summed E-state index contributed by atoms with van der Waals surface area (Å²) >= 11 is 1.51. The Morgan fingerprint density at radius 2 is 2.00 bits per heavy atom. The molecule has 0 bridgehead atoms. The molecule has 0 aliphatic carbocycles. The molecule has 0 fully saturated rings. The number of thioether (sulfide) groups is 1. The topological polar surface area (TPSA) is 87.7 Å². The summed E-state index contributed by atoms with van der Waals surface area (Å²) in [4.78, 5) is 13.2. The van der Waals surface area contributed by atoms with Crippen molar-refractivity contribution in [2.24, 2.45) is 10.9 Å². The van der Waals surface area contributed by atoms with Crippen molar-refractivity contribution in [2.45, 2.75) is 4.90 Å². The van der Waals surface area contributed by atoms with Gasteiger partial charge < -0.3 is 16.3 Å². The molecule has 0 aliphatic heterocycles. The van der Waals surface area contributed by atoms with Gasteiger partial charge in [0.05, 0.1) is 5.56 Å². The van der Waals surface area contributed by atoms with Crippen LogP contribution in [0.25, 0.3) is 0 Å². The number of amides is 1. The second kappa shape index (κ2) is 6.81. The van der Waals surface area contributed by atoms with E-state index in [-0.39, 0.29) is 11.7 Å². The van der Waals surface area contributed by atoms with Gasteiger partial charge in [-0.2, -0.15) is 0 Å². The van der Waals surface area contributed by atoms with E-state index in [1.165, 1.54) is 11.8 Å². The summed E-state index contributed by atoms with van der Waals surface area (Å²) in [6, 6.07) is 14.2. The maximum absolute atomic E-state index is 12.3. The van der Waals surface area contributed by atoms with Crippen LogP contribution < -0.4 is 11.1 Å². The van der Waals surface area contributed by atoms with Gasteiger partial charge in [-0.25, -0.2) is 0 Å².